The summed E-state index contributed by atoms with van der Waals surface area (Å²) in [5, 5.41) is 8.14. The van der Waals surface area contributed by atoms with E-state index >= 15 is 0 Å². The van der Waals surface area contributed by atoms with Crippen LogP contribution in [0.15, 0.2) is 67.0 Å². The first-order valence-corrected chi connectivity index (χ1v) is 9.21. The van der Waals surface area contributed by atoms with Crippen molar-refractivity contribution in [1.82, 2.24) is 25.1 Å². The number of hydrogen-bond acceptors (Lipinski definition) is 4. The van der Waals surface area contributed by atoms with E-state index in [0.717, 1.165) is 28.0 Å². The van der Waals surface area contributed by atoms with Gasteiger partial charge in [-0.1, -0.05) is 24.3 Å². The molecule has 0 bridgehead atoms. The molecule has 1 N–H and O–H groups in total. The lowest BCUT2D eigenvalue weighted by Gasteiger charge is -2.15. The van der Waals surface area contributed by atoms with Gasteiger partial charge in [0.05, 0.1) is 22.5 Å². The molecule has 1 aromatic carbocycles. The van der Waals surface area contributed by atoms with E-state index in [9.17, 15) is 4.79 Å². The Hall–Kier alpha value is -3.54. The number of carbonyl (C=O) groups excluding carboxylic acids is 1. The Kier molecular flexibility index (Phi) is 4.85. The molecule has 4 aromatic rings. The van der Waals surface area contributed by atoms with Crippen molar-refractivity contribution in [2.24, 2.45) is 7.05 Å². The van der Waals surface area contributed by atoms with Crippen LogP contribution in [0.5, 0.6) is 0 Å². The number of benzene rings is 1. The Labute approximate surface area is 163 Å². The maximum absolute atomic E-state index is 13.1. The van der Waals surface area contributed by atoms with Crippen molar-refractivity contribution < 1.29 is 4.79 Å². The van der Waals surface area contributed by atoms with Crippen LogP contribution in [-0.4, -0.2) is 31.7 Å². The Morgan fingerprint density at radius 1 is 1.11 bits per heavy atom. The quantitative estimate of drug-likeness (QED) is 0.584. The predicted octanol–water partition coefficient (Wildman–Crippen LogP) is 3.39. The molecule has 140 valence electrons. The summed E-state index contributed by atoms with van der Waals surface area (Å²) in [4.78, 5) is 22.1. The van der Waals surface area contributed by atoms with Gasteiger partial charge in [-0.25, -0.2) is 4.98 Å². The second kappa shape index (κ2) is 7.60. The zero-order valence-electron chi connectivity index (χ0n) is 15.8. The topological polar surface area (TPSA) is 72.7 Å². The van der Waals surface area contributed by atoms with Crippen LogP contribution in [0.25, 0.3) is 22.3 Å². The Bertz CT molecular complexity index is 1120. The second-order valence-electron chi connectivity index (χ2n) is 6.81. The van der Waals surface area contributed by atoms with E-state index in [0.29, 0.717) is 12.0 Å². The fraction of sp³-hybridized carbons (Fsp3) is 0.182. The van der Waals surface area contributed by atoms with E-state index in [-0.39, 0.29) is 11.9 Å². The number of nitrogens with zero attached hydrogens (tertiary/aromatic N) is 4. The molecule has 0 spiro atoms. The van der Waals surface area contributed by atoms with E-state index in [1.54, 1.807) is 17.1 Å². The van der Waals surface area contributed by atoms with Crippen molar-refractivity contribution in [3.05, 3.63) is 78.2 Å². The summed E-state index contributed by atoms with van der Waals surface area (Å²) in [5.41, 5.74) is 3.92. The number of carbonyl (C=O) groups is 1. The average molecular weight is 371 g/mol. The van der Waals surface area contributed by atoms with Crippen molar-refractivity contribution in [1.29, 1.82) is 0 Å². The molecule has 1 amide bonds. The van der Waals surface area contributed by atoms with Gasteiger partial charge in [0.1, 0.15) is 0 Å². The third kappa shape index (κ3) is 3.62. The molecule has 0 saturated carbocycles. The number of aromatic nitrogens is 4. The lowest BCUT2D eigenvalue weighted by molar-refractivity contribution is 0.0941. The summed E-state index contributed by atoms with van der Waals surface area (Å²) in [6, 6.07) is 17.2. The maximum atomic E-state index is 13.1. The molecule has 1 atom stereocenters. The Morgan fingerprint density at radius 3 is 2.68 bits per heavy atom. The minimum atomic E-state index is -0.120. The fourth-order valence-corrected chi connectivity index (χ4v) is 3.30. The highest BCUT2D eigenvalue weighted by atomic mass is 16.1. The van der Waals surface area contributed by atoms with Gasteiger partial charge in [-0.2, -0.15) is 5.10 Å². The van der Waals surface area contributed by atoms with E-state index < -0.39 is 0 Å². The molecule has 0 aliphatic carbocycles. The standard InChI is InChI=1S/C22H21N5O/c1-15(13-16-7-5-6-11-23-16)25-22(28)18-14-20(21-10-12-24-27(21)2)26-19-9-4-3-8-17(18)19/h3-12,14-15H,13H2,1-2H3,(H,25,28)/t15-/m1/s1. The largest absolute Gasteiger partial charge is 0.349 e. The molecular weight excluding hydrogens is 350 g/mol. The van der Waals surface area contributed by atoms with Gasteiger partial charge >= 0.3 is 0 Å². The Balaban J connectivity index is 1.66. The molecule has 3 aromatic heterocycles. The fourth-order valence-electron chi connectivity index (χ4n) is 3.30. The van der Waals surface area contributed by atoms with Crippen LogP contribution in [0.2, 0.25) is 0 Å². The summed E-state index contributed by atoms with van der Waals surface area (Å²) < 4.78 is 1.75. The van der Waals surface area contributed by atoms with Crippen LogP contribution in [0.1, 0.15) is 23.0 Å². The molecule has 6 nitrogen and oxygen atoms in total. The first-order valence-electron chi connectivity index (χ1n) is 9.21. The van der Waals surface area contributed by atoms with Crippen molar-refractivity contribution in [2.75, 3.05) is 0 Å². The van der Waals surface area contributed by atoms with Crippen molar-refractivity contribution in [3.63, 3.8) is 0 Å². The van der Waals surface area contributed by atoms with Gasteiger partial charge < -0.3 is 5.32 Å². The maximum Gasteiger partial charge on any atom is 0.252 e. The smallest absolute Gasteiger partial charge is 0.252 e. The molecule has 0 aliphatic heterocycles. The number of rotatable bonds is 5. The highest BCUT2D eigenvalue weighted by Gasteiger charge is 2.17. The third-order valence-corrected chi connectivity index (χ3v) is 4.66. The van der Waals surface area contributed by atoms with Gasteiger partial charge in [-0.05, 0) is 37.3 Å². The van der Waals surface area contributed by atoms with E-state index in [4.69, 9.17) is 4.98 Å². The van der Waals surface area contributed by atoms with Gasteiger partial charge in [0.15, 0.2) is 0 Å². The molecular formula is C22H21N5O. The van der Waals surface area contributed by atoms with Gasteiger partial charge in [0.2, 0.25) is 0 Å². The van der Waals surface area contributed by atoms with Gasteiger partial charge in [0.25, 0.3) is 5.91 Å². The molecule has 0 radical (unpaired) electrons. The number of aryl methyl sites for hydroxylation is 1. The number of pyridine rings is 2. The summed E-state index contributed by atoms with van der Waals surface area (Å²) in [7, 11) is 1.86. The Morgan fingerprint density at radius 2 is 1.93 bits per heavy atom. The first-order chi connectivity index (χ1) is 13.6. The van der Waals surface area contributed by atoms with Gasteiger partial charge in [0, 0.05) is 43.0 Å². The highest BCUT2D eigenvalue weighted by molar-refractivity contribution is 6.07. The summed E-state index contributed by atoms with van der Waals surface area (Å²) in [6.07, 6.45) is 4.16. The van der Waals surface area contributed by atoms with E-state index in [1.807, 2.05) is 68.6 Å². The number of nitrogens with one attached hydrogen (secondary N) is 1. The molecule has 0 aliphatic rings. The van der Waals surface area contributed by atoms with Crippen LogP contribution in [0.3, 0.4) is 0 Å². The molecule has 0 saturated heterocycles. The molecule has 0 fully saturated rings. The van der Waals surface area contributed by atoms with Crippen LogP contribution < -0.4 is 5.32 Å². The number of amides is 1. The normalized spacial score (nSPS) is 12.1. The molecule has 3 heterocycles. The van der Waals surface area contributed by atoms with Crippen LogP contribution in [-0.2, 0) is 13.5 Å². The van der Waals surface area contributed by atoms with Crippen LogP contribution >= 0.6 is 0 Å². The van der Waals surface area contributed by atoms with Crippen molar-refractivity contribution in [2.45, 2.75) is 19.4 Å². The lowest BCUT2D eigenvalue weighted by atomic mass is 10.0. The highest BCUT2D eigenvalue weighted by Crippen LogP contribution is 2.24. The number of para-hydroxylation sites is 1. The molecule has 28 heavy (non-hydrogen) atoms. The number of fused-ring (bicyclic) bond motifs is 1. The van der Waals surface area contributed by atoms with Crippen molar-refractivity contribution in [3.8, 4) is 11.4 Å². The lowest BCUT2D eigenvalue weighted by Crippen LogP contribution is -2.34. The summed E-state index contributed by atoms with van der Waals surface area (Å²) in [5.74, 6) is -0.120. The zero-order chi connectivity index (χ0) is 19.5. The minimum Gasteiger partial charge on any atom is -0.349 e. The van der Waals surface area contributed by atoms with E-state index in [1.165, 1.54) is 0 Å². The summed E-state index contributed by atoms with van der Waals surface area (Å²) >= 11 is 0. The second-order valence-corrected chi connectivity index (χ2v) is 6.81. The first kappa shape index (κ1) is 17.9. The van der Waals surface area contributed by atoms with Gasteiger partial charge in [-0.15, -0.1) is 0 Å². The third-order valence-electron chi connectivity index (χ3n) is 4.66. The molecule has 6 heteroatoms. The monoisotopic (exact) mass is 371 g/mol. The average Bonchev–Trinajstić information content (AvgIpc) is 3.13. The predicted molar refractivity (Wildman–Crippen MR) is 109 cm³/mol. The number of hydrogen-bond donors (Lipinski definition) is 1. The van der Waals surface area contributed by atoms with Crippen LogP contribution in [0.4, 0.5) is 0 Å². The summed E-state index contributed by atoms with van der Waals surface area (Å²) in [6.45, 7) is 1.98. The minimum absolute atomic E-state index is 0.0468. The van der Waals surface area contributed by atoms with Crippen LogP contribution in [0, 0.1) is 0 Å². The molecule has 0 unspecified atom stereocenters. The van der Waals surface area contributed by atoms with E-state index in [2.05, 4.69) is 15.4 Å². The zero-order valence-corrected chi connectivity index (χ0v) is 15.8. The molecule has 4 rings (SSSR count). The van der Waals surface area contributed by atoms with Gasteiger partial charge in [-0.3, -0.25) is 14.5 Å². The SMILES string of the molecule is C[C@H](Cc1ccccn1)NC(=O)c1cc(-c2ccnn2C)nc2ccccc12. The van der Waals surface area contributed by atoms with Crippen molar-refractivity contribution >= 4 is 16.8 Å².